The molecule has 0 bridgehead atoms. The number of hydrogen-bond donors (Lipinski definition) is 1. The lowest BCUT2D eigenvalue weighted by Crippen LogP contribution is -2.40. The zero-order valence-corrected chi connectivity index (χ0v) is 13.1. The van der Waals surface area contributed by atoms with E-state index in [1.54, 1.807) is 23.2 Å². The predicted molar refractivity (Wildman–Crippen MR) is 86.8 cm³/mol. The van der Waals surface area contributed by atoms with Crippen LogP contribution in [0.3, 0.4) is 0 Å². The van der Waals surface area contributed by atoms with Crippen LogP contribution >= 0.6 is 0 Å². The Kier molecular flexibility index (Phi) is 4.45. The highest BCUT2D eigenvalue weighted by molar-refractivity contribution is 5.94. The molecule has 5 heteroatoms. The van der Waals surface area contributed by atoms with Crippen molar-refractivity contribution in [3.8, 4) is 11.8 Å². The van der Waals surface area contributed by atoms with Crippen molar-refractivity contribution in [2.75, 3.05) is 13.1 Å². The van der Waals surface area contributed by atoms with Crippen LogP contribution in [0.25, 0.3) is 0 Å². The molecule has 2 heterocycles. The van der Waals surface area contributed by atoms with Crippen molar-refractivity contribution in [2.24, 2.45) is 7.05 Å². The second kappa shape index (κ2) is 6.67. The third kappa shape index (κ3) is 3.61. The van der Waals surface area contributed by atoms with Gasteiger partial charge >= 0.3 is 0 Å². The minimum absolute atomic E-state index is 0.0144. The molecule has 0 unspecified atom stereocenters. The predicted octanol–water partition coefficient (Wildman–Crippen LogP) is 1.42. The molecule has 23 heavy (non-hydrogen) atoms. The summed E-state index contributed by atoms with van der Waals surface area (Å²) < 4.78 is 1.86. The van der Waals surface area contributed by atoms with Crippen LogP contribution in [0, 0.1) is 11.8 Å². The van der Waals surface area contributed by atoms with Crippen molar-refractivity contribution in [1.29, 1.82) is 0 Å². The number of benzene rings is 1. The van der Waals surface area contributed by atoms with Gasteiger partial charge in [-0.1, -0.05) is 5.92 Å². The molecule has 0 aliphatic carbocycles. The Labute approximate surface area is 135 Å². The lowest BCUT2D eigenvalue weighted by atomic mass is 10.1. The first-order valence-electron chi connectivity index (χ1n) is 7.70. The minimum Gasteiger partial charge on any atom is -0.393 e. The second-order valence-corrected chi connectivity index (χ2v) is 5.71. The smallest absolute Gasteiger partial charge is 0.253 e. The van der Waals surface area contributed by atoms with Gasteiger partial charge in [-0.25, -0.2) is 4.98 Å². The Balaban J connectivity index is 1.69. The van der Waals surface area contributed by atoms with Crippen LogP contribution in [-0.2, 0) is 7.05 Å². The topological polar surface area (TPSA) is 58.4 Å². The van der Waals surface area contributed by atoms with Gasteiger partial charge in [-0.3, -0.25) is 4.79 Å². The molecule has 5 nitrogen and oxygen atoms in total. The molecule has 0 atom stereocenters. The molecular weight excluding hydrogens is 290 g/mol. The summed E-state index contributed by atoms with van der Waals surface area (Å²) in [5.41, 5.74) is 1.50. The van der Waals surface area contributed by atoms with Crippen molar-refractivity contribution in [2.45, 2.75) is 18.9 Å². The monoisotopic (exact) mass is 309 g/mol. The maximum Gasteiger partial charge on any atom is 0.253 e. The average Bonchev–Trinajstić information content (AvgIpc) is 2.99. The SMILES string of the molecule is Cn1ccnc1C#Cc1ccc(C(=O)N2CCC(O)CC2)cc1. The molecule has 2 aromatic rings. The number of likely N-dealkylation sites (tertiary alicyclic amines) is 1. The summed E-state index contributed by atoms with van der Waals surface area (Å²) in [6.45, 7) is 1.22. The van der Waals surface area contributed by atoms with Gasteiger partial charge in [0.2, 0.25) is 0 Å². The van der Waals surface area contributed by atoms with Crippen molar-refractivity contribution >= 4 is 5.91 Å². The zero-order chi connectivity index (χ0) is 16.2. The normalized spacial score (nSPS) is 15.1. The van der Waals surface area contributed by atoms with E-state index in [1.807, 2.05) is 29.9 Å². The largest absolute Gasteiger partial charge is 0.393 e. The first-order valence-corrected chi connectivity index (χ1v) is 7.70. The number of aryl methyl sites for hydroxylation is 1. The van der Waals surface area contributed by atoms with Gasteiger partial charge in [0, 0.05) is 43.7 Å². The highest BCUT2D eigenvalue weighted by atomic mass is 16.3. The molecule has 1 N–H and O–H groups in total. The number of piperidine rings is 1. The molecule has 0 spiro atoms. The van der Waals surface area contributed by atoms with Gasteiger partial charge in [-0.15, -0.1) is 0 Å². The number of imidazole rings is 1. The lowest BCUT2D eigenvalue weighted by Gasteiger charge is -2.29. The van der Waals surface area contributed by atoms with E-state index in [4.69, 9.17) is 0 Å². The molecule has 0 radical (unpaired) electrons. The molecule has 1 fully saturated rings. The number of aliphatic hydroxyl groups is 1. The molecule has 1 aliphatic rings. The van der Waals surface area contributed by atoms with Crippen molar-refractivity contribution in [3.05, 3.63) is 53.6 Å². The molecule has 1 aliphatic heterocycles. The maximum absolute atomic E-state index is 12.4. The van der Waals surface area contributed by atoms with Crippen LogP contribution in [-0.4, -0.2) is 44.7 Å². The van der Waals surface area contributed by atoms with Gasteiger partial charge in [-0.2, -0.15) is 0 Å². The number of aliphatic hydroxyl groups excluding tert-OH is 1. The number of carbonyl (C=O) groups is 1. The van der Waals surface area contributed by atoms with Crippen LogP contribution in [0.5, 0.6) is 0 Å². The molecular formula is C18H19N3O2. The number of amides is 1. The number of aromatic nitrogens is 2. The van der Waals surface area contributed by atoms with Crippen molar-refractivity contribution in [3.63, 3.8) is 0 Å². The van der Waals surface area contributed by atoms with E-state index in [0.717, 1.165) is 5.56 Å². The minimum atomic E-state index is -0.275. The van der Waals surface area contributed by atoms with E-state index >= 15 is 0 Å². The third-order valence-electron chi connectivity index (χ3n) is 4.02. The van der Waals surface area contributed by atoms with Crippen LogP contribution in [0.1, 0.15) is 34.6 Å². The highest BCUT2D eigenvalue weighted by Gasteiger charge is 2.21. The van der Waals surface area contributed by atoms with E-state index < -0.39 is 0 Å². The number of carbonyl (C=O) groups excluding carboxylic acids is 1. The first-order chi connectivity index (χ1) is 11.1. The van der Waals surface area contributed by atoms with E-state index in [9.17, 15) is 9.90 Å². The third-order valence-corrected chi connectivity index (χ3v) is 4.02. The number of nitrogens with zero attached hydrogens (tertiary/aromatic N) is 3. The molecule has 1 amide bonds. The number of rotatable bonds is 1. The lowest BCUT2D eigenvalue weighted by molar-refractivity contribution is 0.0546. The molecule has 3 rings (SSSR count). The summed E-state index contributed by atoms with van der Waals surface area (Å²) in [5, 5.41) is 9.51. The fourth-order valence-corrected chi connectivity index (χ4v) is 2.56. The van der Waals surface area contributed by atoms with Crippen LogP contribution in [0.2, 0.25) is 0 Å². The maximum atomic E-state index is 12.4. The van der Waals surface area contributed by atoms with Gasteiger partial charge in [0.05, 0.1) is 6.10 Å². The fraction of sp³-hybridized carbons (Fsp3) is 0.333. The van der Waals surface area contributed by atoms with Crippen LogP contribution in [0.4, 0.5) is 0 Å². The molecule has 1 saturated heterocycles. The molecule has 118 valence electrons. The second-order valence-electron chi connectivity index (χ2n) is 5.71. The van der Waals surface area contributed by atoms with E-state index in [1.165, 1.54) is 0 Å². The van der Waals surface area contributed by atoms with Crippen LogP contribution in [0.15, 0.2) is 36.7 Å². The van der Waals surface area contributed by atoms with Crippen molar-refractivity contribution in [1.82, 2.24) is 14.5 Å². The summed E-state index contributed by atoms with van der Waals surface area (Å²) in [6, 6.07) is 7.30. The van der Waals surface area contributed by atoms with Gasteiger partial charge in [0.25, 0.3) is 5.91 Å². The van der Waals surface area contributed by atoms with Gasteiger partial charge < -0.3 is 14.6 Å². The van der Waals surface area contributed by atoms with E-state index in [-0.39, 0.29) is 12.0 Å². The Morgan fingerprint density at radius 1 is 1.22 bits per heavy atom. The Morgan fingerprint density at radius 2 is 1.91 bits per heavy atom. The summed E-state index contributed by atoms with van der Waals surface area (Å²) >= 11 is 0. The summed E-state index contributed by atoms with van der Waals surface area (Å²) in [7, 11) is 1.90. The summed E-state index contributed by atoms with van der Waals surface area (Å²) in [5.74, 6) is 6.77. The Hall–Kier alpha value is -2.58. The Morgan fingerprint density at radius 3 is 2.52 bits per heavy atom. The van der Waals surface area contributed by atoms with Gasteiger partial charge in [0.1, 0.15) is 0 Å². The average molecular weight is 309 g/mol. The molecule has 0 saturated carbocycles. The van der Waals surface area contributed by atoms with Crippen molar-refractivity contribution < 1.29 is 9.90 Å². The van der Waals surface area contributed by atoms with Gasteiger partial charge in [-0.05, 0) is 43.0 Å². The summed E-state index contributed by atoms with van der Waals surface area (Å²) in [4.78, 5) is 18.3. The Bertz CT molecular complexity index is 745. The molecule has 1 aromatic heterocycles. The zero-order valence-electron chi connectivity index (χ0n) is 13.1. The summed E-state index contributed by atoms with van der Waals surface area (Å²) in [6.07, 6.45) is 4.59. The quantitative estimate of drug-likeness (QED) is 0.811. The molecule has 1 aromatic carbocycles. The standard InChI is InChI=1S/C18H19N3O2/c1-20-13-10-19-17(20)7-4-14-2-5-15(6-3-14)18(23)21-11-8-16(22)9-12-21/h2-3,5-6,10,13,16,22H,8-9,11-12H2,1H3. The first kappa shape index (κ1) is 15.3. The van der Waals surface area contributed by atoms with E-state index in [0.29, 0.717) is 37.3 Å². The van der Waals surface area contributed by atoms with E-state index in [2.05, 4.69) is 16.8 Å². The number of hydrogen-bond acceptors (Lipinski definition) is 3. The highest BCUT2D eigenvalue weighted by Crippen LogP contribution is 2.14. The van der Waals surface area contributed by atoms with Gasteiger partial charge in [0.15, 0.2) is 5.82 Å². The van der Waals surface area contributed by atoms with Crippen LogP contribution < -0.4 is 0 Å². The fourth-order valence-electron chi connectivity index (χ4n) is 2.56.